The Morgan fingerprint density at radius 3 is 2.40 bits per heavy atom. The molecule has 0 bridgehead atoms. The molecule has 0 aliphatic heterocycles. The molecule has 82 valence electrons. The summed E-state index contributed by atoms with van der Waals surface area (Å²) in [7, 11) is 1.33. The highest BCUT2D eigenvalue weighted by atomic mass is 35.5. The summed E-state index contributed by atoms with van der Waals surface area (Å²) in [6.07, 6.45) is -4.41. The van der Waals surface area contributed by atoms with Crippen LogP contribution in [-0.2, 0) is 6.18 Å². The van der Waals surface area contributed by atoms with Crippen LogP contribution < -0.4 is 4.74 Å². The zero-order chi connectivity index (χ0) is 11.6. The summed E-state index contributed by atoms with van der Waals surface area (Å²) < 4.78 is 41.7. The Morgan fingerprint density at radius 1 is 1.40 bits per heavy atom. The van der Waals surface area contributed by atoms with Crippen LogP contribution in [0.4, 0.5) is 13.2 Å². The van der Waals surface area contributed by atoms with Gasteiger partial charge in [0.25, 0.3) is 0 Å². The third-order valence-corrected chi connectivity index (χ3v) is 2.16. The fraction of sp³-hybridized carbons (Fsp3) is 0.222. The van der Waals surface area contributed by atoms with E-state index in [0.717, 1.165) is 12.1 Å². The molecule has 0 amide bonds. The minimum atomic E-state index is -4.41. The van der Waals surface area contributed by atoms with E-state index in [-0.39, 0.29) is 15.6 Å². The van der Waals surface area contributed by atoms with E-state index in [1.165, 1.54) is 13.2 Å². The third-order valence-electron chi connectivity index (χ3n) is 1.74. The molecule has 0 aliphatic rings. The molecule has 0 atom stereocenters. The van der Waals surface area contributed by atoms with Crippen LogP contribution in [0.3, 0.4) is 0 Å². The third kappa shape index (κ3) is 2.82. The summed E-state index contributed by atoms with van der Waals surface area (Å²) >= 11 is 10.1. The molecule has 0 radical (unpaired) electrons. The summed E-state index contributed by atoms with van der Waals surface area (Å²) in [4.78, 5) is 0. The maximum Gasteiger partial charge on any atom is 0.416 e. The van der Waals surface area contributed by atoms with E-state index < -0.39 is 11.7 Å². The highest BCUT2D eigenvalue weighted by Gasteiger charge is 2.31. The van der Waals surface area contributed by atoms with Gasteiger partial charge in [-0.25, -0.2) is 0 Å². The Labute approximate surface area is 94.8 Å². The number of rotatable bonds is 2. The highest BCUT2D eigenvalue weighted by molar-refractivity contribution is 7.83. The molecule has 0 spiro atoms. The van der Waals surface area contributed by atoms with Crippen molar-refractivity contribution in [1.82, 2.24) is 0 Å². The molecule has 0 saturated carbocycles. The molecule has 6 heteroatoms. The molecule has 0 fully saturated rings. The lowest BCUT2D eigenvalue weighted by molar-refractivity contribution is -0.137. The standard InChI is InChI=1S/C9H6ClF3OS/c1-14-7-3-2-5(9(11,12)13)4-6(7)8(10)15/h2-4H,1H3. The number of hydrogen-bond acceptors (Lipinski definition) is 2. The molecule has 1 aromatic carbocycles. The Kier molecular flexibility index (Phi) is 3.57. The predicted octanol–water partition coefficient (Wildman–Crippen LogP) is 3.63. The lowest BCUT2D eigenvalue weighted by Gasteiger charge is -2.10. The van der Waals surface area contributed by atoms with Gasteiger partial charge in [-0.3, -0.25) is 0 Å². The van der Waals surface area contributed by atoms with Crippen LogP contribution in [0.15, 0.2) is 18.2 Å². The first-order valence-corrected chi connectivity index (χ1v) is 4.60. The quantitative estimate of drug-likeness (QED) is 0.589. The van der Waals surface area contributed by atoms with Crippen LogP contribution in [0.1, 0.15) is 11.1 Å². The number of hydrogen-bond donors (Lipinski definition) is 0. The fourth-order valence-corrected chi connectivity index (χ4v) is 1.35. The normalized spacial score (nSPS) is 11.3. The SMILES string of the molecule is COc1ccc(C(F)(F)F)cc1C(=S)Cl. The van der Waals surface area contributed by atoms with Crippen LogP contribution in [-0.4, -0.2) is 11.4 Å². The summed E-state index contributed by atoms with van der Waals surface area (Å²) in [6.45, 7) is 0. The van der Waals surface area contributed by atoms with Crippen LogP contribution in [0.2, 0.25) is 0 Å². The van der Waals surface area contributed by atoms with Gasteiger partial charge >= 0.3 is 6.18 Å². The number of benzene rings is 1. The summed E-state index contributed by atoms with van der Waals surface area (Å²) in [6, 6.07) is 2.97. The smallest absolute Gasteiger partial charge is 0.416 e. The monoisotopic (exact) mass is 254 g/mol. The van der Waals surface area contributed by atoms with Gasteiger partial charge in [0.05, 0.1) is 12.7 Å². The maximum absolute atomic E-state index is 12.3. The summed E-state index contributed by atoms with van der Waals surface area (Å²) in [5.41, 5.74) is -0.731. The van der Waals surface area contributed by atoms with Gasteiger partial charge in [0.1, 0.15) is 10.1 Å². The molecule has 1 aromatic rings. The second kappa shape index (κ2) is 4.37. The number of thiocarbonyl (C=S) groups is 1. The number of halogens is 4. The van der Waals surface area contributed by atoms with Crippen LogP contribution in [0, 0.1) is 0 Å². The van der Waals surface area contributed by atoms with E-state index in [4.69, 9.17) is 16.3 Å². The first kappa shape index (κ1) is 12.3. The lowest BCUT2D eigenvalue weighted by atomic mass is 10.1. The molecular formula is C9H6ClF3OS. The molecule has 0 aromatic heterocycles. The zero-order valence-electron chi connectivity index (χ0n) is 7.56. The van der Waals surface area contributed by atoms with Gasteiger partial charge in [0.15, 0.2) is 0 Å². The van der Waals surface area contributed by atoms with Crippen molar-refractivity contribution in [3.05, 3.63) is 29.3 Å². The molecule has 0 saturated heterocycles. The van der Waals surface area contributed by atoms with Gasteiger partial charge in [0.2, 0.25) is 0 Å². The van der Waals surface area contributed by atoms with Crippen molar-refractivity contribution in [3.8, 4) is 5.75 Å². The molecule has 0 N–H and O–H groups in total. The number of ether oxygens (including phenoxy) is 1. The van der Waals surface area contributed by atoms with Crippen molar-refractivity contribution in [1.29, 1.82) is 0 Å². The van der Waals surface area contributed by atoms with Crippen molar-refractivity contribution >= 4 is 28.1 Å². The largest absolute Gasteiger partial charge is 0.496 e. The van der Waals surface area contributed by atoms with Crippen molar-refractivity contribution < 1.29 is 17.9 Å². The minimum Gasteiger partial charge on any atom is -0.496 e. The molecule has 15 heavy (non-hydrogen) atoms. The average Bonchev–Trinajstić information content (AvgIpc) is 2.15. The molecule has 1 rings (SSSR count). The van der Waals surface area contributed by atoms with Crippen molar-refractivity contribution in [2.75, 3.05) is 7.11 Å². The fourth-order valence-electron chi connectivity index (χ4n) is 1.04. The average molecular weight is 255 g/mol. The van der Waals surface area contributed by atoms with Gasteiger partial charge in [-0.1, -0.05) is 23.8 Å². The van der Waals surface area contributed by atoms with Crippen molar-refractivity contribution in [2.45, 2.75) is 6.18 Å². The maximum atomic E-state index is 12.3. The van der Waals surface area contributed by atoms with E-state index >= 15 is 0 Å². The first-order valence-electron chi connectivity index (χ1n) is 3.81. The zero-order valence-corrected chi connectivity index (χ0v) is 9.13. The van der Waals surface area contributed by atoms with Gasteiger partial charge in [-0.2, -0.15) is 13.2 Å². The van der Waals surface area contributed by atoms with Gasteiger partial charge < -0.3 is 4.74 Å². The number of alkyl halides is 3. The second-order valence-electron chi connectivity index (χ2n) is 2.69. The van der Waals surface area contributed by atoms with Crippen LogP contribution in [0.25, 0.3) is 0 Å². The van der Waals surface area contributed by atoms with Crippen LogP contribution in [0.5, 0.6) is 5.75 Å². The summed E-state index contributed by atoms with van der Waals surface area (Å²) in [5.74, 6) is 0.225. The van der Waals surface area contributed by atoms with E-state index in [2.05, 4.69) is 12.2 Å². The summed E-state index contributed by atoms with van der Waals surface area (Å²) in [5, 5.41) is 0. The molecule has 0 unspecified atom stereocenters. The first-order chi connectivity index (χ1) is 6.86. The van der Waals surface area contributed by atoms with E-state index in [0.29, 0.717) is 0 Å². The minimum absolute atomic E-state index is 0.0731. The van der Waals surface area contributed by atoms with Crippen molar-refractivity contribution in [3.63, 3.8) is 0 Å². The van der Waals surface area contributed by atoms with E-state index in [9.17, 15) is 13.2 Å². The molecule has 0 aliphatic carbocycles. The van der Waals surface area contributed by atoms with E-state index in [1.807, 2.05) is 0 Å². The van der Waals surface area contributed by atoms with E-state index in [1.54, 1.807) is 0 Å². The Bertz CT molecular complexity index is 389. The van der Waals surface area contributed by atoms with Crippen LogP contribution >= 0.6 is 23.8 Å². The lowest BCUT2D eigenvalue weighted by Crippen LogP contribution is -2.06. The van der Waals surface area contributed by atoms with Crippen molar-refractivity contribution in [2.24, 2.45) is 0 Å². The van der Waals surface area contributed by atoms with Gasteiger partial charge in [0, 0.05) is 5.56 Å². The second-order valence-corrected chi connectivity index (χ2v) is 3.70. The highest BCUT2D eigenvalue weighted by Crippen LogP contribution is 2.33. The van der Waals surface area contributed by atoms with Gasteiger partial charge in [-0.05, 0) is 18.2 Å². The topological polar surface area (TPSA) is 9.23 Å². The molecule has 1 nitrogen and oxygen atoms in total. The molecular weight excluding hydrogens is 249 g/mol. The Balaban J connectivity index is 3.28. The number of methoxy groups -OCH3 is 1. The Hall–Kier alpha value is -0.810. The predicted molar refractivity (Wildman–Crippen MR) is 55.5 cm³/mol. The Morgan fingerprint density at radius 2 is 2.00 bits per heavy atom. The molecule has 0 heterocycles. The van der Waals surface area contributed by atoms with Gasteiger partial charge in [-0.15, -0.1) is 0 Å².